The van der Waals surface area contributed by atoms with Crippen LogP contribution in [0.4, 0.5) is 17.1 Å². The van der Waals surface area contributed by atoms with Gasteiger partial charge in [-0.15, -0.1) is 5.11 Å². The largest absolute Gasteiger partial charge is 0.398 e. The van der Waals surface area contributed by atoms with Crippen LogP contribution in [0.2, 0.25) is 0 Å². The Kier molecular flexibility index (Phi) is 4.47. The number of nitrogen functional groups attached to an aromatic ring is 1. The average molecular weight is 357 g/mol. The molecule has 0 aliphatic carbocycles. The molecule has 2 rings (SSSR count). The average Bonchev–Trinajstić information content (AvgIpc) is 2.44. The summed E-state index contributed by atoms with van der Waals surface area (Å²) < 4.78 is 63.5. The number of hydrogen-bond donors (Lipinski definition) is 3. The van der Waals surface area contributed by atoms with Gasteiger partial charge in [0.15, 0.2) is 0 Å². The summed E-state index contributed by atoms with van der Waals surface area (Å²) in [6, 6.07) is 9.56. The summed E-state index contributed by atoms with van der Waals surface area (Å²) in [5, 5.41) is 7.35. The van der Waals surface area contributed by atoms with E-state index in [4.69, 9.17) is 10.3 Å². The molecule has 122 valence electrons. The summed E-state index contributed by atoms with van der Waals surface area (Å²) in [5.41, 5.74) is 4.71. The normalized spacial score (nSPS) is 12.6. The highest BCUT2D eigenvalue weighted by atomic mass is 32.2. The predicted molar refractivity (Wildman–Crippen MR) is 81.1 cm³/mol. The van der Waals surface area contributed by atoms with Crippen LogP contribution in [0, 0.1) is 0 Å². The summed E-state index contributed by atoms with van der Waals surface area (Å²) in [6.45, 7) is 0. The lowest BCUT2D eigenvalue weighted by atomic mass is 10.3. The smallest absolute Gasteiger partial charge is 0.296 e. The minimum absolute atomic E-state index is 0.360. The maximum atomic E-state index is 11.4. The van der Waals surface area contributed by atoms with Gasteiger partial charge >= 0.3 is 0 Å². The molecule has 2 aromatic rings. The molecular formula is C12H11N3O6S2. The quantitative estimate of drug-likeness (QED) is 0.429. The number of anilines is 1. The van der Waals surface area contributed by atoms with Gasteiger partial charge in [0.2, 0.25) is 0 Å². The monoisotopic (exact) mass is 357 g/mol. The Hall–Kier alpha value is -2.34. The first-order valence-electron chi connectivity index (χ1n) is 5.94. The predicted octanol–water partition coefficient (Wildman–Crippen LogP) is 2.18. The van der Waals surface area contributed by atoms with Crippen LogP contribution in [0.25, 0.3) is 0 Å². The molecule has 0 saturated carbocycles. The van der Waals surface area contributed by atoms with Crippen molar-refractivity contribution in [3.63, 3.8) is 0 Å². The van der Waals surface area contributed by atoms with Crippen molar-refractivity contribution >= 4 is 37.3 Å². The van der Waals surface area contributed by atoms with E-state index < -0.39 is 41.4 Å². The lowest BCUT2D eigenvalue weighted by Crippen LogP contribution is -2.06. The van der Waals surface area contributed by atoms with Gasteiger partial charge in [-0.1, -0.05) is 18.2 Å². The second kappa shape index (κ2) is 6.04. The Balaban J connectivity index is 2.66. The minimum atomic E-state index is -4.73. The fourth-order valence-electron chi connectivity index (χ4n) is 1.68. The minimum Gasteiger partial charge on any atom is -0.398 e. The maximum Gasteiger partial charge on any atom is 0.296 e. The lowest BCUT2D eigenvalue weighted by Gasteiger charge is -2.07. The van der Waals surface area contributed by atoms with Crippen LogP contribution in [0.1, 0.15) is 0 Å². The second-order valence-electron chi connectivity index (χ2n) is 4.34. The standard InChI is InChI=1S/C12H11N3O6S2/c13-9-6-12(23(19,20)21)10(7-11(9)22(16,17)18)15-14-8-4-2-1-3-5-8/h1-7H,13H2,(H,16,17,18)(H,19,20,21)/b15-14+. The molecule has 0 aromatic heterocycles. The molecule has 0 aliphatic heterocycles. The van der Waals surface area contributed by atoms with Crippen molar-refractivity contribution in [2.75, 3.05) is 5.73 Å². The van der Waals surface area contributed by atoms with E-state index in [1.165, 1.54) is 0 Å². The summed E-state index contributed by atoms with van der Waals surface area (Å²) in [6.07, 6.45) is 0. The molecular weight excluding hydrogens is 346 g/mol. The van der Waals surface area contributed by atoms with Gasteiger partial charge < -0.3 is 5.73 Å². The Labute approximate surface area is 132 Å². The topological polar surface area (TPSA) is 159 Å². The Morgan fingerprint density at radius 3 is 1.91 bits per heavy atom. The number of azo groups is 1. The zero-order chi connectivity index (χ0) is 17.3. The summed E-state index contributed by atoms with van der Waals surface area (Å²) >= 11 is 0. The molecule has 23 heavy (non-hydrogen) atoms. The first kappa shape index (κ1) is 17.0. The van der Waals surface area contributed by atoms with E-state index in [0.717, 1.165) is 0 Å². The van der Waals surface area contributed by atoms with Gasteiger partial charge in [-0.3, -0.25) is 9.11 Å². The lowest BCUT2D eigenvalue weighted by molar-refractivity contribution is 0.479. The third kappa shape index (κ3) is 4.10. The molecule has 9 nitrogen and oxygen atoms in total. The highest BCUT2D eigenvalue weighted by Gasteiger charge is 2.23. The molecule has 0 atom stereocenters. The maximum absolute atomic E-state index is 11.4. The number of nitrogens with zero attached hydrogens (tertiary/aromatic N) is 2. The third-order valence-electron chi connectivity index (χ3n) is 2.68. The van der Waals surface area contributed by atoms with Crippen molar-refractivity contribution in [3.05, 3.63) is 42.5 Å². The molecule has 0 bridgehead atoms. The van der Waals surface area contributed by atoms with Gasteiger partial charge in [-0.25, -0.2) is 0 Å². The van der Waals surface area contributed by atoms with Gasteiger partial charge in [0.1, 0.15) is 15.5 Å². The van der Waals surface area contributed by atoms with Gasteiger partial charge in [0.05, 0.1) is 11.4 Å². The number of benzene rings is 2. The van der Waals surface area contributed by atoms with Gasteiger partial charge in [0.25, 0.3) is 20.2 Å². The first-order chi connectivity index (χ1) is 10.6. The second-order valence-corrected chi connectivity index (χ2v) is 7.12. The zero-order valence-electron chi connectivity index (χ0n) is 11.4. The number of hydrogen-bond acceptors (Lipinski definition) is 7. The van der Waals surface area contributed by atoms with Crippen LogP contribution in [-0.4, -0.2) is 25.9 Å². The molecule has 4 N–H and O–H groups in total. The van der Waals surface area contributed by atoms with E-state index in [1.807, 2.05) is 0 Å². The fourth-order valence-corrected chi connectivity index (χ4v) is 2.94. The van der Waals surface area contributed by atoms with Crippen LogP contribution >= 0.6 is 0 Å². The molecule has 0 fully saturated rings. The zero-order valence-corrected chi connectivity index (χ0v) is 13.0. The molecule has 0 spiro atoms. The van der Waals surface area contributed by atoms with Gasteiger partial charge in [-0.2, -0.15) is 21.9 Å². The van der Waals surface area contributed by atoms with E-state index in [2.05, 4.69) is 10.2 Å². The van der Waals surface area contributed by atoms with Crippen LogP contribution in [-0.2, 0) is 20.2 Å². The van der Waals surface area contributed by atoms with E-state index in [9.17, 15) is 21.4 Å². The fraction of sp³-hybridized carbons (Fsp3) is 0. The Morgan fingerprint density at radius 2 is 1.39 bits per heavy atom. The van der Waals surface area contributed by atoms with E-state index in [-0.39, 0.29) is 0 Å². The van der Waals surface area contributed by atoms with Crippen molar-refractivity contribution in [2.24, 2.45) is 10.2 Å². The van der Waals surface area contributed by atoms with E-state index in [1.54, 1.807) is 30.3 Å². The Bertz CT molecular complexity index is 969. The van der Waals surface area contributed by atoms with Crippen LogP contribution in [0.3, 0.4) is 0 Å². The SMILES string of the molecule is Nc1cc(S(=O)(=O)O)c(/N=N/c2ccccc2)cc1S(=O)(=O)O. The first-order valence-corrected chi connectivity index (χ1v) is 8.82. The molecule has 11 heteroatoms. The van der Waals surface area contributed by atoms with E-state index in [0.29, 0.717) is 17.8 Å². The van der Waals surface area contributed by atoms with Gasteiger partial charge in [-0.05, 0) is 24.3 Å². The molecule has 0 unspecified atom stereocenters. The molecule has 2 aromatic carbocycles. The molecule has 0 amide bonds. The van der Waals surface area contributed by atoms with Crippen LogP contribution < -0.4 is 5.73 Å². The van der Waals surface area contributed by atoms with E-state index >= 15 is 0 Å². The van der Waals surface area contributed by atoms with Crippen molar-refractivity contribution in [1.82, 2.24) is 0 Å². The van der Waals surface area contributed by atoms with Crippen molar-refractivity contribution < 1.29 is 25.9 Å². The van der Waals surface area contributed by atoms with Crippen molar-refractivity contribution in [3.8, 4) is 0 Å². The molecule has 0 radical (unpaired) electrons. The third-order valence-corrected chi connectivity index (χ3v) is 4.47. The molecule has 0 aliphatic rings. The number of rotatable bonds is 4. The highest BCUT2D eigenvalue weighted by molar-refractivity contribution is 7.86. The van der Waals surface area contributed by atoms with Crippen molar-refractivity contribution in [1.29, 1.82) is 0 Å². The molecule has 0 saturated heterocycles. The Morgan fingerprint density at radius 1 is 0.826 bits per heavy atom. The summed E-state index contributed by atoms with van der Waals surface area (Å²) in [5.74, 6) is 0. The van der Waals surface area contributed by atoms with Crippen molar-refractivity contribution in [2.45, 2.75) is 9.79 Å². The summed E-state index contributed by atoms with van der Waals surface area (Å²) in [4.78, 5) is -1.48. The highest BCUT2D eigenvalue weighted by Crippen LogP contribution is 2.33. The summed E-state index contributed by atoms with van der Waals surface area (Å²) in [7, 11) is -9.44. The molecule has 0 heterocycles. The van der Waals surface area contributed by atoms with Crippen LogP contribution in [0.15, 0.2) is 62.5 Å². The van der Waals surface area contributed by atoms with Crippen LogP contribution in [0.5, 0.6) is 0 Å². The van der Waals surface area contributed by atoms with Gasteiger partial charge in [0, 0.05) is 0 Å². The number of nitrogens with two attached hydrogens (primary N) is 1.